The highest BCUT2D eigenvalue weighted by atomic mass is 16.5. The zero-order valence-corrected chi connectivity index (χ0v) is 8.30. The molecule has 14 heavy (non-hydrogen) atoms. The summed E-state index contributed by atoms with van der Waals surface area (Å²) in [6, 6.07) is 0. The number of nitrogens with one attached hydrogen (secondary N) is 1. The zero-order chi connectivity index (χ0) is 9.97. The van der Waals surface area contributed by atoms with E-state index in [1.165, 1.54) is 5.56 Å². The lowest BCUT2D eigenvalue weighted by Crippen LogP contribution is -2.23. The van der Waals surface area contributed by atoms with Crippen LogP contribution in [0.5, 0.6) is 0 Å². The molecule has 1 heterocycles. The number of ether oxygens (including phenoxy) is 1. The molecule has 3 nitrogen and oxygen atoms in total. The van der Waals surface area contributed by atoms with Crippen molar-refractivity contribution in [3.63, 3.8) is 0 Å². The zero-order valence-electron chi connectivity index (χ0n) is 8.30. The maximum Gasteiger partial charge on any atom is 0.309 e. The van der Waals surface area contributed by atoms with Gasteiger partial charge in [-0.15, -0.1) is 0 Å². The number of carbonyl (C=O) groups is 1. The van der Waals surface area contributed by atoms with Crippen molar-refractivity contribution in [3.05, 3.63) is 23.5 Å². The molecule has 75 valence electrons. The molecule has 1 unspecified atom stereocenters. The fraction of sp³-hybridized carbons (Fsp3) is 0.545. The molecular weight excluding hydrogens is 178 g/mol. The Morgan fingerprint density at radius 1 is 1.79 bits per heavy atom. The number of carbonyl (C=O) groups excluding carboxylic acids is 1. The minimum absolute atomic E-state index is 0.0366. The Morgan fingerprint density at radius 3 is 3.43 bits per heavy atom. The number of rotatable bonds is 2. The Balaban J connectivity index is 2.04. The van der Waals surface area contributed by atoms with Crippen LogP contribution >= 0.6 is 0 Å². The molecule has 2 rings (SSSR count). The molecule has 1 atom stereocenters. The van der Waals surface area contributed by atoms with E-state index in [-0.39, 0.29) is 11.9 Å². The lowest BCUT2D eigenvalue weighted by atomic mass is 9.86. The van der Waals surface area contributed by atoms with Crippen LogP contribution in [0.3, 0.4) is 0 Å². The summed E-state index contributed by atoms with van der Waals surface area (Å²) < 4.78 is 5.01. The molecular formula is C11H14NO2. The molecule has 0 bridgehead atoms. The van der Waals surface area contributed by atoms with Crippen LogP contribution in [0.4, 0.5) is 0 Å². The minimum atomic E-state index is -0.0623. The SMILES string of the molecule is CCOC(=O)C1CCc2c[nH][c]c2C1. The van der Waals surface area contributed by atoms with Crippen molar-refractivity contribution in [1.82, 2.24) is 4.98 Å². The average molecular weight is 192 g/mol. The van der Waals surface area contributed by atoms with Gasteiger partial charge in [0.05, 0.1) is 18.7 Å². The van der Waals surface area contributed by atoms with E-state index in [4.69, 9.17) is 4.74 Å². The van der Waals surface area contributed by atoms with Crippen molar-refractivity contribution >= 4 is 5.97 Å². The van der Waals surface area contributed by atoms with Gasteiger partial charge >= 0.3 is 5.97 Å². The third-order valence-electron chi connectivity index (χ3n) is 2.69. The van der Waals surface area contributed by atoms with Gasteiger partial charge in [0.15, 0.2) is 0 Å². The maximum atomic E-state index is 11.5. The first-order valence-corrected chi connectivity index (χ1v) is 5.04. The Kier molecular flexibility index (Phi) is 2.57. The molecule has 0 amide bonds. The fourth-order valence-electron chi connectivity index (χ4n) is 1.92. The van der Waals surface area contributed by atoms with E-state index in [0.717, 1.165) is 24.8 Å². The second-order valence-electron chi connectivity index (χ2n) is 3.61. The lowest BCUT2D eigenvalue weighted by molar-refractivity contribution is -0.148. The largest absolute Gasteiger partial charge is 0.466 e. The van der Waals surface area contributed by atoms with Gasteiger partial charge in [0, 0.05) is 6.20 Å². The number of fused-ring (bicyclic) bond motifs is 1. The normalized spacial score (nSPS) is 20.2. The molecule has 1 N–H and O–H groups in total. The van der Waals surface area contributed by atoms with E-state index in [1.54, 1.807) is 0 Å². The topological polar surface area (TPSA) is 42.1 Å². The van der Waals surface area contributed by atoms with Crippen LogP contribution in [0.2, 0.25) is 0 Å². The van der Waals surface area contributed by atoms with E-state index in [0.29, 0.717) is 6.61 Å². The lowest BCUT2D eigenvalue weighted by Gasteiger charge is -2.19. The number of aromatic nitrogens is 1. The third kappa shape index (κ3) is 1.67. The molecule has 0 spiro atoms. The number of hydrogen-bond acceptors (Lipinski definition) is 2. The summed E-state index contributed by atoms with van der Waals surface area (Å²) in [6.07, 6.45) is 7.65. The molecule has 0 saturated heterocycles. The predicted molar refractivity (Wildman–Crippen MR) is 51.8 cm³/mol. The molecule has 1 aromatic heterocycles. The molecule has 1 aromatic rings. The molecule has 1 radical (unpaired) electrons. The number of esters is 1. The third-order valence-corrected chi connectivity index (χ3v) is 2.69. The molecule has 0 aliphatic heterocycles. The number of aromatic amines is 1. The van der Waals surface area contributed by atoms with Gasteiger partial charge in [0.2, 0.25) is 0 Å². The van der Waals surface area contributed by atoms with Crippen molar-refractivity contribution in [2.45, 2.75) is 26.2 Å². The summed E-state index contributed by atoms with van der Waals surface area (Å²) in [5, 5.41) is 0. The summed E-state index contributed by atoms with van der Waals surface area (Å²) >= 11 is 0. The van der Waals surface area contributed by atoms with Gasteiger partial charge in [-0.1, -0.05) is 0 Å². The van der Waals surface area contributed by atoms with Gasteiger partial charge in [-0.25, -0.2) is 0 Å². The predicted octanol–water partition coefficient (Wildman–Crippen LogP) is 1.48. The highest BCUT2D eigenvalue weighted by Gasteiger charge is 2.26. The second kappa shape index (κ2) is 3.86. The Labute approximate surface area is 83.5 Å². The van der Waals surface area contributed by atoms with Gasteiger partial charge in [-0.2, -0.15) is 0 Å². The Bertz CT molecular complexity index is 330. The fourth-order valence-corrected chi connectivity index (χ4v) is 1.92. The van der Waals surface area contributed by atoms with Gasteiger partial charge in [0.1, 0.15) is 0 Å². The monoisotopic (exact) mass is 192 g/mol. The molecule has 0 aromatic carbocycles. The molecule has 1 aliphatic rings. The summed E-state index contributed by atoms with van der Waals surface area (Å²) in [4.78, 5) is 14.4. The van der Waals surface area contributed by atoms with E-state index >= 15 is 0 Å². The van der Waals surface area contributed by atoms with E-state index in [1.807, 2.05) is 13.1 Å². The minimum Gasteiger partial charge on any atom is -0.466 e. The second-order valence-corrected chi connectivity index (χ2v) is 3.61. The number of aryl methyl sites for hydroxylation is 1. The maximum absolute atomic E-state index is 11.5. The molecule has 0 fully saturated rings. The van der Waals surface area contributed by atoms with Crippen LogP contribution in [0.15, 0.2) is 6.20 Å². The standard InChI is InChI=1S/C11H14NO2/c1-2-14-11(13)8-3-4-9-6-12-7-10(9)5-8/h6,8,12H,2-5H2,1H3. The molecule has 3 heteroatoms. The van der Waals surface area contributed by atoms with Gasteiger partial charge in [-0.05, 0) is 37.3 Å². The van der Waals surface area contributed by atoms with E-state index in [9.17, 15) is 4.79 Å². The Hall–Kier alpha value is -1.25. The number of H-pyrrole nitrogens is 1. The van der Waals surface area contributed by atoms with Gasteiger partial charge in [-0.3, -0.25) is 4.79 Å². The van der Waals surface area contributed by atoms with Crippen LogP contribution in [0, 0.1) is 12.1 Å². The van der Waals surface area contributed by atoms with Crippen LogP contribution in [-0.2, 0) is 22.4 Å². The smallest absolute Gasteiger partial charge is 0.309 e. The summed E-state index contributed by atoms with van der Waals surface area (Å²) in [6.45, 7) is 2.31. The van der Waals surface area contributed by atoms with Crippen molar-refractivity contribution < 1.29 is 9.53 Å². The molecule has 0 saturated carbocycles. The van der Waals surface area contributed by atoms with Gasteiger partial charge < -0.3 is 9.72 Å². The van der Waals surface area contributed by atoms with E-state index < -0.39 is 0 Å². The van der Waals surface area contributed by atoms with Gasteiger partial charge in [0.25, 0.3) is 0 Å². The van der Waals surface area contributed by atoms with Crippen molar-refractivity contribution in [2.75, 3.05) is 6.61 Å². The average Bonchev–Trinajstić information content (AvgIpc) is 2.64. The van der Waals surface area contributed by atoms with Crippen LogP contribution in [0.25, 0.3) is 0 Å². The first kappa shape index (κ1) is 9.31. The summed E-state index contributed by atoms with van der Waals surface area (Å²) in [5.74, 6) is -0.0257. The van der Waals surface area contributed by atoms with E-state index in [2.05, 4.69) is 11.2 Å². The van der Waals surface area contributed by atoms with Crippen LogP contribution in [0.1, 0.15) is 24.5 Å². The quantitative estimate of drug-likeness (QED) is 0.721. The van der Waals surface area contributed by atoms with Crippen LogP contribution < -0.4 is 0 Å². The number of hydrogen-bond donors (Lipinski definition) is 1. The first-order chi connectivity index (χ1) is 6.81. The van der Waals surface area contributed by atoms with Crippen molar-refractivity contribution in [2.24, 2.45) is 5.92 Å². The van der Waals surface area contributed by atoms with Crippen molar-refractivity contribution in [3.8, 4) is 0 Å². The molecule has 1 aliphatic carbocycles. The first-order valence-electron chi connectivity index (χ1n) is 5.04. The summed E-state index contributed by atoms with van der Waals surface area (Å²) in [5.41, 5.74) is 2.44. The Morgan fingerprint density at radius 2 is 2.64 bits per heavy atom. The van der Waals surface area contributed by atoms with Crippen molar-refractivity contribution in [1.29, 1.82) is 0 Å². The van der Waals surface area contributed by atoms with Crippen LogP contribution in [-0.4, -0.2) is 17.6 Å². The highest BCUT2D eigenvalue weighted by molar-refractivity contribution is 5.73. The highest BCUT2D eigenvalue weighted by Crippen LogP contribution is 2.25. The summed E-state index contributed by atoms with van der Waals surface area (Å²) in [7, 11) is 0.